The summed E-state index contributed by atoms with van der Waals surface area (Å²) in [5.74, 6) is -0.163. The Balaban J connectivity index is 2.01. The summed E-state index contributed by atoms with van der Waals surface area (Å²) in [6, 6.07) is 3.75. The predicted molar refractivity (Wildman–Crippen MR) is 98.9 cm³/mol. The van der Waals surface area contributed by atoms with E-state index in [9.17, 15) is 9.90 Å². The van der Waals surface area contributed by atoms with Gasteiger partial charge in [0.05, 0.1) is 29.4 Å². The molecule has 8 heteroatoms. The van der Waals surface area contributed by atoms with Gasteiger partial charge in [-0.15, -0.1) is 11.3 Å². The number of hydrogen-bond donors (Lipinski definition) is 2. The van der Waals surface area contributed by atoms with Gasteiger partial charge in [0.25, 0.3) is 0 Å². The summed E-state index contributed by atoms with van der Waals surface area (Å²) in [5.41, 5.74) is 5.13. The van der Waals surface area contributed by atoms with Crippen LogP contribution in [0.3, 0.4) is 0 Å². The number of anilines is 1. The summed E-state index contributed by atoms with van der Waals surface area (Å²) in [6.45, 7) is 4.16. The molecule has 24 heavy (non-hydrogen) atoms. The average molecular weight is 412 g/mol. The van der Waals surface area contributed by atoms with Gasteiger partial charge in [0.15, 0.2) is 0 Å². The van der Waals surface area contributed by atoms with Gasteiger partial charge < -0.3 is 9.84 Å². The van der Waals surface area contributed by atoms with Crippen molar-refractivity contribution in [3.05, 3.63) is 38.8 Å². The van der Waals surface area contributed by atoms with E-state index in [1.807, 2.05) is 19.1 Å². The van der Waals surface area contributed by atoms with E-state index in [2.05, 4.69) is 31.4 Å². The number of ether oxygens (including phenoxy) is 1. The minimum absolute atomic E-state index is 0.139. The van der Waals surface area contributed by atoms with Crippen LogP contribution in [0.15, 0.2) is 27.1 Å². The van der Waals surface area contributed by atoms with Crippen LogP contribution in [-0.2, 0) is 22.4 Å². The molecule has 0 aliphatic heterocycles. The van der Waals surface area contributed by atoms with Gasteiger partial charge >= 0.3 is 5.97 Å². The number of nitrogens with one attached hydrogen (secondary N) is 1. The lowest BCUT2D eigenvalue weighted by atomic mass is 10.1. The first-order valence-corrected chi connectivity index (χ1v) is 9.11. The lowest BCUT2D eigenvalue weighted by Gasteiger charge is -2.05. The Kier molecular flexibility index (Phi) is 6.74. The number of esters is 1. The molecule has 2 rings (SSSR count). The van der Waals surface area contributed by atoms with Crippen LogP contribution >= 0.6 is 27.3 Å². The number of phenols is 1. The summed E-state index contributed by atoms with van der Waals surface area (Å²) in [6.07, 6.45) is 2.53. The average Bonchev–Trinajstić information content (AvgIpc) is 2.98. The minimum Gasteiger partial charge on any atom is -0.506 e. The van der Waals surface area contributed by atoms with Crippen LogP contribution in [-0.4, -0.2) is 28.9 Å². The third-order valence-corrected chi connectivity index (χ3v) is 4.51. The molecular weight excluding hydrogens is 394 g/mol. The summed E-state index contributed by atoms with van der Waals surface area (Å²) < 4.78 is 5.52. The van der Waals surface area contributed by atoms with E-state index in [4.69, 9.17) is 4.74 Å². The maximum absolute atomic E-state index is 11.4. The summed E-state index contributed by atoms with van der Waals surface area (Å²) in [4.78, 5) is 15.7. The van der Waals surface area contributed by atoms with Gasteiger partial charge in [-0.1, -0.05) is 6.92 Å². The van der Waals surface area contributed by atoms with E-state index in [1.165, 1.54) is 17.6 Å². The first-order valence-electron chi connectivity index (χ1n) is 7.44. The highest BCUT2D eigenvalue weighted by molar-refractivity contribution is 9.10. The zero-order valence-electron chi connectivity index (χ0n) is 13.4. The molecule has 0 aliphatic carbocycles. The molecule has 0 bridgehead atoms. The Labute approximate surface area is 152 Å². The van der Waals surface area contributed by atoms with E-state index in [0.717, 1.165) is 12.0 Å². The Hall–Kier alpha value is -1.93. The number of aromatic hydroxyl groups is 1. The Morgan fingerprint density at radius 2 is 2.29 bits per heavy atom. The van der Waals surface area contributed by atoms with E-state index in [-0.39, 0.29) is 18.1 Å². The smallest absolute Gasteiger partial charge is 0.311 e. The lowest BCUT2D eigenvalue weighted by Crippen LogP contribution is -2.07. The van der Waals surface area contributed by atoms with Gasteiger partial charge in [-0.3, -0.25) is 10.2 Å². The monoisotopic (exact) mass is 411 g/mol. The lowest BCUT2D eigenvalue weighted by molar-refractivity contribution is -0.142. The number of hydrazone groups is 1. The molecule has 2 aromatic rings. The molecule has 128 valence electrons. The minimum atomic E-state index is -0.302. The number of aryl methyl sites for hydroxylation is 1. The molecular formula is C16H18BrN3O3S. The first kappa shape index (κ1) is 18.4. The van der Waals surface area contributed by atoms with Crippen molar-refractivity contribution in [2.45, 2.75) is 26.7 Å². The molecule has 2 N–H and O–H groups in total. The molecule has 6 nitrogen and oxygen atoms in total. The second-order valence-electron chi connectivity index (χ2n) is 4.86. The number of carbonyl (C=O) groups is 1. The number of aromatic nitrogens is 1. The maximum atomic E-state index is 11.4. The van der Waals surface area contributed by atoms with E-state index in [0.29, 0.717) is 27.5 Å². The van der Waals surface area contributed by atoms with Crippen LogP contribution in [0, 0.1) is 0 Å². The summed E-state index contributed by atoms with van der Waals surface area (Å²) in [7, 11) is 0. The second kappa shape index (κ2) is 8.79. The molecule has 1 heterocycles. The topological polar surface area (TPSA) is 83.8 Å². The molecule has 0 amide bonds. The quantitative estimate of drug-likeness (QED) is 0.411. The second-order valence-corrected chi connectivity index (χ2v) is 6.58. The van der Waals surface area contributed by atoms with Gasteiger partial charge in [0, 0.05) is 10.9 Å². The molecule has 0 saturated carbocycles. The van der Waals surface area contributed by atoms with Gasteiger partial charge in [-0.25, -0.2) is 4.98 Å². The fourth-order valence-corrected chi connectivity index (χ4v) is 3.12. The highest BCUT2D eigenvalue weighted by Crippen LogP contribution is 2.28. The highest BCUT2D eigenvalue weighted by Gasteiger charge is 2.08. The van der Waals surface area contributed by atoms with Crippen molar-refractivity contribution in [2.75, 3.05) is 12.0 Å². The summed E-state index contributed by atoms with van der Waals surface area (Å²) >= 11 is 4.67. The Morgan fingerprint density at radius 1 is 1.50 bits per heavy atom. The molecule has 0 radical (unpaired) electrons. The number of carbonyl (C=O) groups excluding carboxylic acids is 1. The van der Waals surface area contributed by atoms with Crippen molar-refractivity contribution >= 4 is 44.6 Å². The van der Waals surface area contributed by atoms with Crippen molar-refractivity contribution in [1.29, 1.82) is 0 Å². The molecule has 0 saturated heterocycles. The van der Waals surface area contributed by atoms with Crippen LogP contribution in [0.4, 0.5) is 5.13 Å². The molecule has 0 aliphatic rings. The van der Waals surface area contributed by atoms with Gasteiger partial charge in [-0.05, 0) is 47.0 Å². The normalized spacial score (nSPS) is 11.0. The number of rotatable bonds is 7. The molecule has 1 aromatic heterocycles. The van der Waals surface area contributed by atoms with Gasteiger partial charge in [0.1, 0.15) is 5.75 Å². The van der Waals surface area contributed by atoms with Crippen molar-refractivity contribution in [3.8, 4) is 5.75 Å². The first-order chi connectivity index (χ1) is 11.5. The third-order valence-electron chi connectivity index (χ3n) is 3.11. The maximum Gasteiger partial charge on any atom is 0.311 e. The van der Waals surface area contributed by atoms with Crippen molar-refractivity contribution in [2.24, 2.45) is 5.10 Å². The zero-order valence-corrected chi connectivity index (χ0v) is 15.8. The Bertz CT molecular complexity index is 746. The Morgan fingerprint density at radius 3 is 3.00 bits per heavy atom. The van der Waals surface area contributed by atoms with Crippen LogP contribution in [0.2, 0.25) is 0 Å². The number of benzene rings is 1. The summed E-state index contributed by atoms with van der Waals surface area (Å²) in [5, 5.41) is 16.5. The van der Waals surface area contributed by atoms with Crippen molar-refractivity contribution in [3.63, 3.8) is 0 Å². The van der Waals surface area contributed by atoms with Crippen LogP contribution in [0.5, 0.6) is 5.75 Å². The SMILES string of the molecule is CCOC(=O)Cc1csc(NN=Cc2cc(CC)cc(Br)c2O)n1. The molecule has 0 fully saturated rings. The predicted octanol–water partition coefficient (Wildman–Crippen LogP) is 3.73. The zero-order chi connectivity index (χ0) is 17.5. The van der Waals surface area contributed by atoms with Crippen molar-refractivity contribution in [1.82, 2.24) is 4.98 Å². The number of phenolic OH excluding ortho intramolecular Hbond substituents is 1. The van der Waals surface area contributed by atoms with E-state index < -0.39 is 0 Å². The number of nitrogens with zero attached hydrogens (tertiary/aromatic N) is 2. The van der Waals surface area contributed by atoms with Crippen LogP contribution in [0.25, 0.3) is 0 Å². The van der Waals surface area contributed by atoms with Crippen molar-refractivity contribution < 1.29 is 14.6 Å². The number of hydrogen-bond acceptors (Lipinski definition) is 7. The van der Waals surface area contributed by atoms with E-state index in [1.54, 1.807) is 12.3 Å². The third kappa shape index (κ3) is 5.04. The largest absolute Gasteiger partial charge is 0.506 e. The van der Waals surface area contributed by atoms with Gasteiger partial charge in [-0.2, -0.15) is 5.10 Å². The standard InChI is InChI=1S/C16H18BrN3O3S/c1-3-10-5-11(15(22)13(17)6-10)8-18-20-16-19-12(9-24-16)7-14(21)23-4-2/h5-6,8-9,22H,3-4,7H2,1-2H3,(H,19,20). The number of thiazole rings is 1. The molecule has 0 spiro atoms. The molecule has 0 atom stereocenters. The molecule has 0 unspecified atom stereocenters. The fourth-order valence-electron chi connectivity index (χ4n) is 1.94. The number of halogens is 1. The van der Waals surface area contributed by atoms with Crippen LogP contribution < -0.4 is 5.43 Å². The van der Waals surface area contributed by atoms with Gasteiger partial charge in [0.2, 0.25) is 5.13 Å². The van der Waals surface area contributed by atoms with E-state index >= 15 is 0 Å². The molecule has 1 aromatic carbocycles. The highest BCUT2D eigenvalue weighted by atomic mass is 79.9. The fraction of sp³-hybridized carbons (Fsp3) is 0.312. The van der Waals surface area contributed by atoms with Crippen LogP contribution in [0.1, 0.15) is 30.7 Å².